The average Bonchev–Trinajstić information content (AvgIpc) is 3.20. The summed E-state index contributed by atoms with van der Waals surface area (Å²) in [5, 5.41) is 11.8. The zero-order chi connectivity index (χ0) is 25.7. The van der Waals surface area contributed by atoms with Gasteiger partial charge in [0.1, 0.15) is 11.7 Å². The minimum absolute atomic E-state index is 0.0457. The molecule has 1 aliphatic rings. The van der Waals surface area contributed by atoms with E-state index in [1.54, 1.807) is 6.07 Å². The maximum Gasteiger partial charge on any atom is 0.303 e. The molecule has 3 aromatic carbocycles. The van der Waals surface area contributed by atoms with Crippen LogP contribution in [-0.2, 0) is 22.6 Å². The van der Waals surface area contributed by atoms with Gasteiger partial charge in [0.25, 0.3) is 0 Å². The molecule has 3 aromatic rings. The molecule has 0 spiro atoms. The summed E-state index contributed by atoms with van der Waals surface area (Å²) in [5.74, 6) is -2.22. The van der Waals surface area contributed by atoms with E-state index in [2.05, 4.69) is 24.1 Å². The van der Waals surface area contributed by atoms with Crippen LogP contribution in [0.5, 0.6) is 0 Å². The predicted octanol–water partition coefficient (Wildman–Crippen LogP) is 5.54. The Morgan fingerprint density at radius 3 is 2.31 bits per heavy atom. The number of carboxylic acids is 1. The van der Waals surface area contributed by atoms with Gasteiger partial charge in [0, 0.05) is 18.7 Å². The summed E-state index contributed by atoms with van der Waals surface area (Å²) in [6, 6.07) is 19.7. The minimum Gasteiger partial charge on any atom is -0.481 e. The van der Waals surface area contributed by atoms with Gasteiger partial charge >= 0.3 is 5.97 Å². The third-order valence-corrected chi connectivity index (χ3v) is 6.48. The molecule has 1 atom stereocenters. The standard InChI is InChI=1S/C29H30FN3O3/c1-3-33(4-2)18-20-7-13-23(14-8-20)31-28(21-10-5-19(6-11-21)9-16-26(34)35)27-24-15-12-22(30)17-25(24)32-29(27)36/h5-8,10-15,17,27H,3-4,9,16,18H2,1-2H3,(H,32,36)(H,34,35). The highest BCUT2D eigenvalue weighted by Gasteiger charge is 2.35. The molecule has 1 aliphatic heterocycles. The molecule has 0 saturated heterocycles. The lowest BCUT2D eigenvalue weighted by molar-refractivity contribution is -0.137. The van der Waals surface area contributed by atoms with Crippen LogP contribution in [0.1, 0.15) is 48.4 Å². The van der Waals surface area contributed by atoms with Crippen LogP contribution >= 0.6 is 0 Å². The molecule has 0 bridgehead atoms. The van der Waals surface area contributed by atoms with Gasteiger partial charge in [0.2, 0.25) is 5.91 Å². The van der Waals surface area contributed by atoms with Gasteiger partial charge in [0.05, 0.1) is 11.4 Å². The van der Waals surface area contributed by atoms with Crippen molar-refractivity contribution >= 4 is 29.0 Å². The van der Waals surface area contributed by atoms with Gasteiger partial charge in [-0.05, 0) is 66.0 Å². The van der Waals surface area contributed by atoms with Gasteiger partial charge in [-0.15, -0.1) is 0 Å². The second-order valence-corrected chi connectivity index (χ2v) is 8.87. The third-order valence-electron chi connectivity index (χ3n) is 6.48. The molecule has 0 aliphatic carbocycles. The first kappa shape index (κ1) is 25.3. The molecule has 0 aromatic heterocycles. The molecule has 186 valence electrons. The van der Waals surface area contributed by atoms with Crippen LogP contribution in [-0.4, -0.2) is 40.7 Å². The average molecular weight is 488 g/mol. The zero-order valence-corrected chi connectivity index (χ0v) is 20.5. The molecule has 0 saturated carbocycles. The monoisotopic (exact) mass is 487 g/mol. The van der Waals surface area contributed by atoms with E-state index in [0.717, 1.165) is 30.8 Å². The number of hydrogen-bond acceptors (Lipinski definition) is 4. The van der Waals surface area contributed by atoms with Crippen LogP contribution in [0.15, 0.2) is 71.7 Å². The SMILES string of the molecule is CCN(CC)Cc1ccc(N=C(c2ccc(CCC(=O)O)cc2)C2C(=O)Nc3cc(F)ccc32)cc1. The molecule has 4 rings (SSSR count). The van der Waals surface area contributed by atoms with Crippen molar-refractivity contribution in [1.82, 2.24) is 4.90 Å². The molecule has 1 amide bonds. The van der Waals surface area contributed by atoms with Gasteiger partial charge in [-0.2, -0.15) is 0 Å². The second-order valence-electron chi connectivity index (χ2n) is 8.87. The maximum absolute atomic E-state index is 13.8. The highest BCUT2D eigenvalue weighted by Crippen LogP contribution is 2.36. The van der Waals surface area contributed by atoms with Crippen LogP contribution in [0.4, 0.5) is 15.8 Å². The zero-order valence-electron chi connectivity index (χ0n) is 20.5. The lowest BCUT2D eigenvalue weighted by atomic mass is 9.90. The Bertz CT molecular complexity index is 1270. The number of halogens is 1. The fraction of sp³-hybridized carbons (Fsp3) is 0.276. The van der Waals surface area contributed by atoms with Crippen molar-refractivity contribution in [3.8, 4) is 0 Å². The van der Waals surface area contributed by atoms with Crippen molar-refractivity contribution in [3.63, 3.8) is 0 Å². The Balaban J connectivity index is 1.71. The van der Waals surface area contributed by atoms with Crippen molar-refractivity contribution in [1.29, 1.82) is 0 Å². The number of benzene rings is 3. The lowest BCUT2D eigenvalue weighted by Gasteiger charge is -2.18. The van der Waals surface area contributed by atoms with E-state index < -0.39 is 17.7 Å². The first-order valence-corrected chi connectivity index (χ1v) is 12.2. The van der Waals surface area contributed by atoms with E-state index in [9.17, 15) is 14.0 Å². The number of rotatable bonds is 10. The van der Waals surface area contributed by atoms with E-state index in [0.29, 0.717) is 29.1 Å². The summed E-state index contributed by atoms with van der Waals surface area (Å²) in [7, 11) is 0. The van der Waals surface area contributed by atoms with E-state index in [4.69, 9.17) is 10.1 Å². The van der Waals surface area contributed by atoms with Crippen molar-refractivity contribution in [2.75, 3.05) is 18.4 Å². The first-order valence-electron chi connectivity index (χ1n) is 12.2. The second kappa shape index (κ2) is 11.3. The van der Waals surface area contributed by atoms with Crippen LogP contribution in [0.25, 0.3) is 0 Å². The van der Waals surface area contributed by atoms with Crippen molar-refractivity contribution < 1.29 is 19.1 Å². The Kier molecular flexibility index (Phi) is 7.90. The summed E-state index contributed by atoms with van der Waals surface area (Å²) < 4.78 is 13.8. The molecular formula is C29H30FN3O3. The summed E-state index contributed by atoms with van der Waals surface area (Å²) in [6.07, 6.45) is 0.465. The topological polar surface area (TPSA) is 82.0 Å². The molecule has 36 heavy (non-hydrogen) atoms. The third kappa shape index (κ3) is 5.86. The molecule has 0 radical (unpaired) electrons. The van der Waals surface area contributed by atoms with Crippen LogP contribution in [0.3, 0.4) is 0 Å². The Labute approximate surface area is 210 Å². The number of aliphatic imine (C=N–C) groups is 1. The number of amides is 1. The highest BCUT2D eigenvalue weighted by molar-refractivity contribution is 6.24. The van der Waals surface area contributed by atoms with Gasteiger partial charge < -0.3 is 10.4 Å². The number of carbonyl (C=O) groups is 2. The highest BCUT2D eigenvalue weighted by atomic mass is 19.1. The van der Waals surface area contributed by atoms with E-state index in [-0.39, 0.29) is 12.3 Å². The van der Waals surface area contributed by atoms with Crippen LogP contribution in [0, 0.1) is 5.82 Å². The first-order chi connectivity index (χ1) is 17.4. The number of carbonyl (C=O) groups excluding carboxylic acids is 1. The normalized spacial score (nSPS) is 15.2. The Morgan fingerprint density at radius 2 is 1.67 bits per heavy atom. The molecule has 1 heterocycles. The molecular weight excluding hydrogens is 457 g/mol. The lowest BCUT2D eigenvalue weighted by Crippen LogP contribution is -2.22. The number of nitrogens with one attached hydrogen (secondary N) is 1. The van der Waals surface area contributed by atoms with Gasteiger partial charge in [-0.25, -0.2) is 4.39 Å². The minimum atomic E-state index is -0.850. The van der Waals surface area contributed by atoms with Crippen molar-refractivity contribution in [2.24, 2.45) is 4.99 Å². The maximum atomic E-state index is 13.8. The summed E-state index contributed by atoms with van der Waals surface area (Å²) >= 11 is 0. The Morgan fingerprint density at radius 1 is 1.00 bits per heavy atom. The largest absolute Gasteiger partial charge is 0.481 e. The van der Waals surface area contributed by atoms with Crippen molar-refractivity contribution in [2.45, 2.75) is 39.2 Å². The molecule has 2 N–H and O–H groups in total. The van der Waals surface area contributed by atoms with Crippen molar-refractivity contribution in [3.05, 3.63) is 94.8 Å². The predicted molar refractivity (Wildman–Crippen MR) is 139 cm³/mol. The van der Waals surface area contributed by atoms with E-state index in [1.807, 2.05) is 48.5 Å². The molecule has 6 nitrogen and oxygen atoms in total. The number of anilines is 1. The molecule has 0 fully saturated rings. The van der Waals surface area contributed by atoms with Gasteiger partial charge in [0.15, 0.2) is 0 Å². The van der Waals surface area contributed by atoms with Crippen LogP contribution in [0.2, 0.25) is 0 Å². The number of nitrogens with zero attached hydrogens (tertiary/aromatic N) is 2. The molecule has 1 unspecified atom stereocenters. The van der Waals surface area contributed by atoms with E-state index in [1.165, 1.54) is 17.7 Å². The fourth-order valence-corrected chi connectivity index (χ4v) is 4.42. The summed E-state index contributed by atoms with van der Waals surface area (Å²) in [4.78, 5) is 31.2. The summed E-state index contributed by atoms with van der Waals surface area (Å²) in [5.41, 5.74) is 5.21. The smallest absolute Gasteiger partial charge is 0.303 e. The number of hydrogen-bond donors (Lipinski definition) is 2. The number of fused-ring (bicyclic) bond motifs is 1. The van der Waals surface area contributed by atoms with Gasteiger partial charge in [-0.3, -0.25) is 19.5 Å². The van der Waals surface area contributed by atoms with Gasteiger partial charge in [-0.1, -0.05) is 56.3 Å². The number of aryl methyl sites for hydroxylation is 1. The number of carboxylic acid groups (broad SMARTS) is 1. The number of aliphatic carboxylic acids is 1. The Hall–Kier alpha value is -3.84. The quantitative estimate of drug-likeness (QED) is 0.368. The molecule has 7 heteroatoms. The summed E-state index contributed by atoms with van der Waals surface area (Å²) in [6.45, 7) is 7.07. The fourth-order valence-electron chi connectivity index (χ4n) is 4.42. The van der Waals surface area contributed by atoms with E-state index >= 15 is 0 Å². The van der Waals surface area contributed by atoms with Crippen LogP contribution < -0.4 is 5.32 Å².